The van der Waals surface area contributed by atoms with Crippen molar-refractivity contribution in [1.29, 1.82) is 0 Å². The summed E-state index contributed by atoms with van der Waals surface area (Å²) < 4.78 is 32.5. The van der Waals surface area contributed by atoms with Crippen LogP contribution in [0.25, 0.3) is 0 Å². The number of aliphatic hydroxyl groups is 1. The van der Waals surface area contributed by atoms with Crippen LogP contribution >= 0.6 is 0 Å². The van der Waals surface area contributed by atoms with Gasteiger partial charge >= 0.3 is 0 Å². The molecule has 0 aromatic heterocycles. The van der Waals surface area contributed by atoms with Gasteiger partial charge in [0.15, 0.2) is 5.60 Å². The second-order valence-corrected chi connectivity index (χ2v) is 9.00. The zero-order valence-electron chi connectivity index (χ0n) is 16.0. The number of carbonyl (C=O) groups is 1. The molecule has 148 valence electrons. The zero-order chi connectivity index (χ0) is 20.7. The van der Waals surface area contributed by atoms with Crippen molar-refractivity contribution in [1.82, 2.24) is 4.31 Å². The predicted molar refractivity (Wildman–Crippen MR) is 105 cm³/mol. The largest absolute Gasteiger partial charge is 0.497 e. The Balaban J connectivity index is 2.15. The molecule has 1 amide bonds. The minimum atomic E-state index is -4.20. The van der Waals surface area contributed by atoms with Crippen LogP contribution < -0.4 is 4.74 Å². The van der Waals surface area contributed by atoms with E-state index in [4.69, 9.17) is 4.74 Å². The summed E-state index contributed by atoms with van der Waals surface area (Å²) in [6, 6.07) is 12.6. The molecule has 6 nitrogen and oxygen atoms in total. The van der Waals surface area contributed by atoms with Crippen molar-refractivity contribution < 1.29 is 23.1 Å². The lowest BCUT2D eigenvalue weighted by Gasteiger charge is -2.30. The number of benzene rings is 2. The van der Waals surface area contributed by atoms with Crippen LogP contribution in [0.15, 0.2) is 66.1 Å². The van der Waals surface area contributed by atoms with Crippen LogP contribution in [0.4, 0.5) is 0 Å². The molecule has 7 heteroatoms. The Hall–Kier alpha value is -2.64. The Morgan fingerprint density at radius 2 is 1.86 bits per heavy atom. The first-order chi connectivity index (χ1) is 13.1. The molecule has 1 N–H and O–H groups in total. The van der Waals surface area contributed by atoms with Crippen molar-refractivity contribution in [3.63, 3.8) is 0 Å². The third kappa shape index (κ3) is 3.00. The molecule has 2 aromatic carbocycles. The average molecular weight is 401 g/mol. The molecule has 1 aliphatic rings. The highest BCUT2D eigenvalue weighted by molar-refractivity contribution is 7.89. The first kappa shape index (κ1) is 20.1. The summed E-state index contributed by atoms with van der Waals surface area (Å²) in [5.41, 5.74) is -2.15. The molecule has 0 aliphatic carbocycles. The number of amides is 1. The van der Waals surface area contributed by atoms with Gasteiger partial charge in [-0.3, -0.25) is 4.79 Å². The second-order valence-electron chi connectivity index (χ2n) is 7.22. The van der Waals surface area contributed by atoms with Crippen LogP contribution in [0.2, 0.25) is 0 Å². The van der Waals surface area contributed by atoms with Gasteiger partial charge in [-0.15, -0.1) is 6.58 Å². The van der Waals surface area contributed by atoms with E-state index in [0.717, 1.165) is 9.87 Å². The first-order valence-electron chi connectivity index (χ1n) is 8.75. The van der Waals surface area contributed by atoms with Gasteiger partial charge in [0.1, 0.15) is 5.75 Å². The van der Waals surface area contributed by atoms with E-state index in [1.54, 1.807) is 37.3 Å². The van der Waals surface area contributed by atoms with Gasteiger partial charge in [-0.1, -0.05) is 35.9 Å². The fourth-order valence-electron chi connectivity index (χ4n) is 3.53. The molecule has 1 fully saturated rings. The van der Waals surface area contributed by atoms with Crippen molar-refractivity contribution in [2.45, 2.75) is 36.3 Å². The van der Waals surface area contributed by atoms with Crippen molar-refractivity contribution in [3.05, 3.63) is 72.3 Å². The highest BCUT2D eigenvalue weighted by Gasteiger charge is 2.60. The molecule has 28 heavy (non-hydrogen) atoms. The number of aryl methyl sites for hydroxylation is 1. The van der Waals surface area contributed by atoms with Crippen molar-refractivity contribution in [2.75, 3.05) is 7.11 Å². The topological polar surface area (TPSA) is 83.9 Å². The van der Waals surface area contributed by atoms with E-state index >= 15 is 0 Å². The van der Waals surface area contributed by atoms with Crippen LogP contribution in [0.3, 0.4) is 0 Å². The normalized spacial score (nSPS) is 25.0. The molecule has 3 rings (SSSR count). The maximum absolute atomic E-state index is 13.3. The van der Waals surface area contributed by atoms with Gasteiger partial charge in [0.2, 0.25) is 0 Å². The summed E-state index contributed by atoms with van der Waals surface area (Å²) in [5.74, 6) is -0.456. The van der Waals surface area contributed by atoms with E-state index in [0.29, 0.717) is 5.75 Å². The standard InChI is InChI=1S/C21H23NO5S/c1-5-20(3)14-21(24,16-7-6-8-17(13-16)27-4)19(23)22(20)28(25,26)18-11-9-15(2)10-12-18/h5-13,24H,1,14H2,2-4H3/t20-,21-/m0/s1. The molecule has 2 aromatic rings. The van der Waals surface area contributed by atoms with Gasteiger partial charge in [0.25, 0.3) is 15.9 Å². The van der Waals surface area contributed by atoms with Crippen LogP contribution in [0, 0.1) is 6.92 Å². The lowest BCUT2D eigenvalue weighted by atomic mass is 9.86. The number of hydrogen-bond acceptors (Lipinski definition) is 5. The lowest BCUT2D eigenvalue weighted by Crippen LogP contribution is -2.47. The lowest BCUT2D eigenvalue weighted by molar-refractivity contribution is -0.140. The molecular weight excluding hydrogens is 378 g/mol. The summed E-state index contributed by atoms with van der Waals surface area (Å²) in [6.45, 7) is 7.13. The maximum Gasteiger partial charge on any atom is 0.273 e. The van der Waals surface area contributed by atoms with E-state index in [1.165, 1.54) is 31.4 Å². The quantitative estimate of drug-likeness (QED) is 0.779. The smallest absolute Gasteiger partial charge is 0.273 e. The van der Waals surface area contributed by atoms with Crippen molar-refractivity contribution >= 4 is 15.9 Å². The number of hydrogen-bond donors (Lipinski definition) is 1. The van der Waals surface area contributed by atoms with Crippen molar-refractivity contribution in [3.8, 4) is 5.75 Å². The minimum Gasteiger partial charge on any atom is -0.497 e. The summed E-state index contributed by atoms with van der Waals surface area (Å²) in [6.07, 6.45) is 1.23. The zero-order valence-corrected chi connectivity index (χ0v) is 16.9. The Kier molecular flexibility index (Phi) is 4.85. The van der Waals surface area contributed by atoms with Crippen molar-refractivity contribution in [2.24, 2.45) is 0 Å². The molecule has 1 saturated heterocycles. The molecule has 0 bridgehead atoms. The molecule has 2 atom stereocenters. The van der Waals surface area contributed by atoms with E-state index in [2.05, 4.69) is 6.58 Å². The molecule has 0 unspecified atom stereocenters. The van der Waals surface area contributed by atoms with Crippen LogP contribution in [0.5, 0.6) is 5.75 Å². The number of rotatable bonds is 5. The maximum atomic E-state index is 13.3. The molecule has 0 radical (unpaired) electrons. The second kappa shape index (κ2) is 6.76. The highest BCUT2D eigenvalue weighted by Crippen LogP contribution is 2.46. The van der Waals surface area contributed by atoms with Gasteiger partial charge in [-0.25, -0.2) is 12.7 Å². The van der Waals surface area contributed by atoms with Gasteiger partial charge in [0.05, 0.1) is 17.5 Å². The summed E-state index contributed by atoms with van der Waals surface area (Å²) >= 11 is 0. The fraction of sp³-hybridized carbons (Fsp3) is 0.286. The number of methoxy groups -OCH3 is 1. The monoisotopic (exact) mass is 401 g/mol. The average Bonchev–Trinajstić information content (AvgIpc) is 2.89. The summed E-state index contributed by atoms with van der Waals surface area (Å²) in [4.78, 5) is 13.3. The minimum absolute atomic E-state index is 0.0191. The summed E-state index contributed by atoms with van der Waals surface area (Å²) in [7, 11) is -2.72. The van der Waals surface area contributed by atoms with Crippen LogP contribution in [-0.2, 0) is 20.4 Å². The predicted octanol–water partition coefficient (Wildman–Crippen LogP) is 2.76. The fourth-order valence-corrected chi connectivity index (χ4v) is 5.27. The highest BCUT2D eigenvalue weighted by atomic mass is 32.2. The summed E-state index contributed by atoms with van der Waals surface area (Å²) in [5, 5.41) is 11.3. The van der Waals surface area contributed by atoms with Gasteiger partial charge < -0.3 is 9.84 Å². The number of sulfonamides is 1. The third-order valence-corrected chi connectivity index (χ3v) is 7.09. The molecule has 1 heterocycles. The van der Waals surface area contributed by atoms with E-state index in [-0.39, 0.29) is 16.9 Å². The number of carbonyl (C=O) groups excluding carboxylic acids is 1. The number of nitrogens with zero attached hydrogens (tertiary/aromatic N) is 1. The van der Waals surface area contributed by atoms with Gasteiger partial charge in [-0.2, -0.15) is 0 Å². The van der Waals surface area contributed by atoms with Gasteiger partial charge in [-0.05, 0) is 43.7 Å². The molecular formula is C21H23NO5S. The van der Waals surface area contributed by atoms with E-state index < -0.39 is 27.1 Å². The molecule has 0 spiro atoms. The molecule has 1 aliphatic heterocycles. The van der Waals surface area contributed by atoms with Crippen LogP contribution in [0.1, 0.15) is 24.5 Å². The SMILES string of the molecule is C=C[C@@]1(C)C[C@](O)(c2cccc(OC)c2)C(=O)N1S(=O)(=O)c1ccc(C)cc1. The number of ether oxygens (including phenoxy) is 1. The van der Waals surface area contributed by atoms with Crippen LogP contribution in [-0.4, -0.2) is 36.4 Å². The van der Waals surface area contributed by atoms with E-state index in [9.17, 15) is 18.3 Å². The first-order valence-corrected chi connectivity index (χ1v) is 10.2. The molecule has 0 saturated carbocycles. The van der Waals surface area contributed by atoms with Gasteiger partial charge in [0, 0.05) is 6.42 Å². The third-order valence-electron chi connectivity index (χ3n) is 5.16. The Bertz CT molecular complexity index is 1030. The Morgan fingerprint density at radius 1 is 1.21 bits per heavy atom. The Labute approximate surface area is 165 Å². The van der Waals surface area contributed by atoms with E-state index in [1.807, 2.05) is 6.92 Å². The Morgan fingerprint density at radius 3 is 2.43 bits per heavy atom.